The maximum atomic E-state index is 11.7. The molecule has 17 heavy (non-hydrogen) atoms. The fourth-order valence-corrected chi connectivity index (χ4v) is 2.11. The van der Waals surface area contributed by atoms with E-state index in [1.807, 2.05) is 6.92 Å². The summed E-state index contributed by atoms with van der Waals surface area (Å²) in [6.45, 7) is 2.24. The maximum absolute atomic E-state index is 11.7. The molecule has 0 saturated carbocycles. The van der Waals surface area contributed by atoms with Gasteiger partial charge in [-0.15, -0.1) is 0 Å². The Morgan fingerprint density at radius 3 is 2.76 bits per heavy atom. The van der Waals surface area contributed by atoms with Crippen molar-refractivity contribution in [1.29, 1.82) is 0 Å². The summed E-state index contributed by atoms with van der Waals surface area (Å²) in [6, 6.07) is 4.80. The number of hydrogen-bond donors (Lipinski definition) is 2. The smallest absolute Gasteiger partial charge is 0.445 e. The van der Waals surface area contributed by atoms with Crippen LogP contribution in [0, 0.1) is 0 Å². The molecule has 1 aromatic rings. The van der Waals surface area contributed by atoms with E-state index in [9.17, 15) is 4.79 Å². The second kappa shape index (κ2) is 3.74. The Bertz CT molecular complexity index is 512. The normalized spacial score (nSPS) is 21.9. The lowest BCUT2D eigenvalue weighted by Crippen LogP contribution is -2.51. The summed E-state index contributed by atoms with van der Waals surface area (Å²) in [6.07, 6.45) is 0. The van der Waals surface area contributed by atoms with Crippen molar-refractivity contribution in [2.45, 2.75) is 6.92 Å². The number of carbonyl (C=O) groups excluding carboxylic acids is 1. The zero-order valence-electron chi connectivity index (χ0n) is 9.80. The van der Waals surface area contributed by atoms with Crippen molar-refractivity contribution >= 4 is 17.6 Å². The van der Waals surface area contributed by atoms with Crippen molar-refractivity contribution in [3.8, 4) is 5.75 Å². The summed E-state index contributed by atoms with van der Waals surface area (Å²) in [5.74, 6) is 0.872. The molecular weight excluding hydrogens is 220 g/mol. The van der Waals surface area contributed by atoms with Crippen LogP contribution in [0.2, 0.25) is 0 Å². The zero-order valence-corrected chi connectivity index (χ0v) is 9.80. The number of primary amides is 1. The number of nitrogens with two attached hydrogens (primary N) is 2. The number of urea groups is 1. The molecule has 1 atom stereocenters. The van der Waals surface area contributed by atoms with Crippen molar-refractivity contribution in [2.75, 3.05) is 13.7 Å². The Labute approximate surface area is 99.0 Å². The quantitative estimate of drug-likeness (QED) is 0.740. The van der Waals surface area contributed by atoms with Gasteiger partial charge in [-0.3, -0.25) is 0 Å². The highest BCUT2D eigenvalue weighted by atomic mass is 16.5. The summed E-state index contributed by atoms with van der Waals surface area (Å²) >= 11 is 0. The number of fused-ring (bicyclic) bond motifs is 1. The zero-order chi connectivity index (χ0) is 12.6. The number of ether oxygens (including phenoxy) is 1. The van der Waals surface area contributed by atoms with Gasteiger partial charge in [0.05, 0.1) is 7.11 Å². The van der Waals surface area contributed by atoms with Crippen molar-refractivity contribution in [2.24, 2.45) is 16.6 Å². The third-order valence-corrected chi connectivity index (χ3v) is 2.98. The molecule has 1 aliphatic heterocycles. The molecule has 4 N–H and O–H groups in total. The van der Waals surface area contributed by atoms with Crippen molar-refractivity contribution in [3.63, 3.8) is 0 Å². The molecule has 1 heterocycles. The highest BCUT2D eigenvalue weighted by Crippen LogP contribution is 2.38. The third-order valence-electron chi connectivity index (χ3n) is 2.98. The molecule has 2 amide bonds. The van der Waals surface area contributed by atoms with E-state index in [4.69, 9.17) is 16.2 Å². The molecule has 90 valence electrons. The van der Waals surface area contributed by atoms with Crippen molar-refractivity contribution < 1.29 is 9.53 Å². The lowest BCUT2D eigenvalue weighted by Gasteiger charge is -2.22. The summed E-state index contributed by atoms with van der Waals surface area (Å²) < 4.78 is 4.91. The summed E-state index contributed by atoms with van der Waals surface area (Å²) in [7, 11) is 1.55. The Hall–Kier alpha value is -2.08. The van der Waals surface area contributed by atoms with E-state index < -0.39 is 6.03 Å². The largest absolute Gasteiger partial charge is 0.496 e. The molecule has 1 aliphatic rings. The maximum Gasteiger partial charge on any atom is 0.445 e. The molecule has 1 aromatic carbocycles. The molecule has 6 heteroatoms. The third kappa shape index (κ3) is 1.38. The van der Waals surface area contributed by atoms with E-state index in [0.717, 1.165) is 0 Å². The van der Waals surface area contributed by atoms with Crippen LogP contribution < -0.4 is 20.8 Å². The summed E-state index contributed by atoms with van der Waals surface area (Å²) in [5.41, 5.74) is 12.6. The van der Waals surface area contributed by atoms with Crippen molar-refractivity contribution in [3.05, 3.63) is 23.8 Å². The summed E-state index contributed by atoms with van der Waals surface area (Å²) in [5, 5.41) is 4.19. The highest BCUT2D eigenvalue weighted by molar-refractivity contribution is 6.11. The molecule has 0 radical (unpaired) electrons. The topological polar surface area (TPSA) is 90.7 Å². The molecule has 1 unspecified atom stereocenters. The van der Waals surface area contributed by atoms with E-state index in [0.29, 0.717) is 23.5 Å². The predicted molar refractivity (Wildman–Crippen MR) is 65.6 cm³/mol. The Morgan fingerprint density at radius 1 is 1.53 bits per heavy atom. The van der Waals surface area contributed by atoms with Crippen LogP contribution in [-0.4, -0.2) is 25.5 Å². The van der Waals surface area contributed by atoms with Crippen LogP contribution in [0.4, 0.5) is 10.5 Å². The molecule has 0 aromatic heterocycles. The van der Waals surface area contributed by atoms with Gasteiger partial charge in [0.1, 0.15) is 17.9 Å². The molecule has 6 nitrogen and oxygen atoms in total. The number of benzene rings is 1. The molecule has 2 rings (SSSR count). The van der Waals surface area contributed by atoms with Crippen LogP contribution in [0.15, 0.2) is 23.3 Å². The van der Waals surface area contributed by atoms with E-state index in [1.54, 1.807) is 25.3 Å². The van der Waals surface area contributed by atoms with E-state index in [1.165, 1.54) is 0 Å². The first kappa shape index (κ1) is 11.4. The lowest BCUT2D eigenvalue weighted by molar-refractivity contribution is 0.214. The Morgan fingerprint density at radius 2 is 2.24 bits per heavy atom. The molecule has 0 saturated heterocycles. The molecule has 0 bridgehead atoms. The van der Waals surface area contributed by atoms with E-state index in [2.05, 4.69) is 5.10 Å². The van der Waals surface area contributed by atoms with Gasteiger partial charge in [0.25, 0.3) is 0 Å². The van der Waals surface area contributed by atoms with Gasteiger partial charge in [-0.05, 0) is 18.1 Å². The van der Waals surface area contributed by atoms with Gasteiger partial charge in [-0.1, -0.05) is 10.7 Å². The Kier molecular flexibility index (Phi) is 2.51. The average Bonchev–Trinajstić information content (AvgIpc) is 2.63. The van der Waals surface area contributed by atoms with Crippen molar-refractivity contribution in [1.82, 2.24) is 4.59 Å². The first-order valence-corrected chi connectivity index (χ1v) is 5.28. The molecule has 0 fully saturated rings. The van der Waals surface area contributed by atoms with Gasteiger partial charge >= 0.3 is 6.03 Å². The highest BCUT2D eigenvalue weighted by Gasteiger charge is 2.46. The van der Waals surface area contributed by atoms with Gasteiger partial charge in [-0.25, -0.2) is 4.79 Å². The monoisotopic (exact) mass is 235 g/mol. The second-order valence-corrected chi connectivity index (χ2v) is 3.76. The number of methoxy groups -OCH3 is 1. The van der Waals surface area contributed by atoms with Gasteiger partial charge < -0.3 is 16.2 Å². The second-order valence-electron chi connectivity index (χ2n) is 3.76. The number of hydrogen-bond acceptors (Lipinski definition) is 4. The SMILES string of the molecule is CC[N+]1(C(N)=O)N=C(N)c2c(OC)cccc21. The predicted octanol–water partition coefficient (Wildman–Crippen LogP) is 0.735. The van der Waals surface area contributed by atoms with E-state index >= 15 is 0 Å². The molecule has 0 aliphatic carbocycles. The molecular formula is C11H15N4O2+. The number of carbonyl (C=O) groups is 1. The Balaban J connectivity index is 2.73. The van der Waals surface area contributed by atoms with E-state index in [-0.39, 0.29) is 10.4 Å². The van der Waals surface area contributed by atoms with Gasteiger partial charge in [0.2, 0.25) is 0 Å². The van der Waals surface area contributed by atoms with Crippen LogP contribution in [-0.2, 0) is 0 Å². The van der Waals surface area contributed by atoms with Crippen LogP contribution >= 0.6 is 0 Å². The summed E-state index contributed by atoms with van der Waals surface area (Å²) in [4.78, 5) is 11.7. The van der Waals surface area contributed by atoms with Gasteiger partial charge in [0.15, 0.2) is 11.5 Å². The fraction of sp³-hybridized carbons (Fsp3) is 0.273. The number of rotatable bonds is 2. The van der Waals surface area contributed by atoms with Gasteiger partial charge in [0, 0.05) is 6.07 Å². The number of amidine groups is 1. The first-order valence-electron chi connectivity index (χ1n) is 5.28. The minimum Gasteiger partial charge on any atom is -0.496 e. The number of amides is 2. The standard InChI is InChI=1S/C11H14N4O2/c1-3-15(11(13)16)7-5-4-6-8(17-2)9(7)10(12)14-15/h4-6H,3H2,1-2H3,(H3-,12,13,14,16)/p+1. The number of quaternary nitrogens is 1. The minimum absolute atomic E-state index is 0.276. The minimum atomic E-state index is -0.553. The number of nitrogens with zero attached hydrogens (tertiary/aromatic N) is 2. The first-order chi connectivity index (χ1) is 8.06. The fourth-order valence-electron chi connectivity index (χ4n) is 2.11. The van der Waals surface area contributed by atoms with Gasteiger partial charge in [-0.2, -0.15) is 0 Å². The average molecular weight is 235 g/mol. The molecule has 0 spiro atoms. The lowest BCUT2D eigenvalue weighted by atomic mass is 10.1. The van der Waals surface area contributed by atoms with Crippen LogP contribution in [0.5, 0.6) is 5.75 Å². The van der Waals surface area contributed by atoms with Crippen LogP contribution in [0.1, 0.15) is 12.5 Å². The van der Waals surface area contributed by atoms with Crippen LogP contribution in [0.3, 0.4) is 0 Å². The van der Waals surface area contributed by atoms with Crippen LogP contribution in [0.25, 0.3) is 0 Å².